The number of benzene rings is 3. The number of piperazine rings is 1. The number of carbonyl (C=O) groups excluding carboxylic acids is 2. The van der Waals surface area contributed by atoms with Gasteiger partial charge in [-0.15, -0.1) is 0 Å². The number of amides is 1. The van der Waals surface area contributed by atoms with Gasteiger partial charge in [-0.25, -0.2) is 0 Å². The van der Waals surface area contributed by atoms with Crippen molar-refractivity contribution in [2.24, 2.45) is 5.92 Å². The Morgan fingerprint density at radius 3 is 2.09 bits per heavy atom. The van der Waals surface area contributed by atoms with Crippen LogP contribution in [0, 0.1) is 5.92 Å². The van der Waals surface area contributed by atoms with Gasteiger partial charge in [0.15, 0.2) is 0 Å². The van der Waals surface area contributed by atoms with Crippen molar-refractivity contribution in [1.82, 2.24) is 14.7 Å². The normalized spacial score (nSPS) is 14.2. The second kappa shape index (κ2) is 12.9. The summed E-state index contributed by atoms with van der Waals surface area (Å²) in [4.78, 5) is 43.1. The fourth-order valence-electron chi connectivity index (χ4n) is 4.91. The summed E-state index contributed by atoms with van der Waals surface area (Å²) in [5.41, 5.74) is 2.03. The molecule has 2 heterocycles. The van der Waals surface area contributed by atoms with Gasteiger partial charge in [0.2, 0.25) is 11.7 Å². The van der Waals surface area contributed by atoms with E-state index in [1.165, 1.54) is 4.68 Å². The molecule has 9 nitrogen and oxygen atoms in total. The quantitative estimate of drug-likeness (QED) is 0.187. The minimum absolute atomic E-state index is 0.115. The molecule has 10 heteroatoms. The Hall–Kier alpha value is -4.63. The molecule has 0 N–H and O–H groups in total. The molecule has 1 aliphatic heterocycles. The van der Waals surface area contributed by atoms with E-state index in [1.807, 2.05) is 59.5 Å². The first kappa shape index (κ1) is 30.8. The molecule has 4 aromatic rings. The molecule has 0 bridgehead atoms. The molecule has 1 aliphatic rings. The number of anilines is 1. The van der Waals surface area contributed by atoms with Gasteiger partial charge in [-0.1, -0.05) is 54.1 Å². The van der Waals surface area contributed by atoms with Crippen LogP contribution in [0.2, 0.25) is 5.02 Å². The largest absolute Gasteiger partial charge is 0.459 e. The zero-order chi connectivity index (χ0) is 31.4. The molecule has 3 aromatic carbocycles. The van der Waals surface area contributed by atoms with Gasteiger partial charge in [0.25, 0.3) is 0 Å². The number of halogens is 1. The predicted molar refractivity (Wildman–Crippen MR) is 171 cm³/mol. The molecule has 5 rings (SSSR count). The van der Waals surface area contributed by atoms with Gasteiger partial charge in [0.1, 0.15) is 23.0 Å². The molecule has 44 heavy (non-hydrogen) atoms. The lowest BCUT2D eigenvalue weighted by atomic mass is 10.1. The minimum atomic E-state index is -0.913. The van der Waals surface area contributed by atoms with Crippen molar-refractivity contribution in [3.63, 3.8) is 0 Å². The SMILES string of the molecule is CC(C(=O)OC(C)(C)C)C(=O)N1CCN(c2cnn(-c3ccc(Cl)cc3)c(=O)c2Oc2ccc(-c3ccccc3)cc2)CC1. The number of nitrogens with zero attached hydrogens (tertiary/aromatic N) is 4. The number of aromatic nitrogens is 2. The molecule has 0 spiro atoms. The van der Waals surface area contributed by atoms with Crippen LogP contribution in [0.25, 0.3) is 16.8 Å². The Morgan fingerprint density at radius 2 is 1.48 bits per heavy atom. The Kier molecular flexibility index (Phi) is 9.06. The maximum absolute atomic E-state index is 13.9. The Bertz CT molecular complexity index is 1670. The van der Waals surface area contributed by atoms with Crippen LogP contribution in [0.1, 0.15) is 27.7 Å². The number of esters is 1. The average Bonchev–Trinajstić information content (AvgIpc) is 3.02. The summed E-state index contributed by atoms with van der Waals surface area (Å²) >= 11 is 6.07. The van der Waals surface area contributed by atoms with E-state index in [9.17, 15) is 14.4 Å². The number of rotatable bonds is 7. The number of hydrogen-bond donors (Lipinski definition) is 0. The monoisotopic (exact) mass is 614 g/mol. The topological polar surface area (TPSA) is 94.0 Å². The molecule has 0 saturated carbocycles. The number of carbonyl (C=O) groups is 2. The van der Waals surface area contributed by atoms with E-state index < -0.39 is 23.0 Å². The van der Waals surface area contributed by atoms with Crippen molar-refractivity contribution in [2.75, 3.05) is 31.1 Å². The van der Waals surface area contributed by atoms with Crippen LogP contribution >= 0.6 is 11.6 Å². The van der Waals surface area contributed by atoms with Crippen LogP contribution in [0.3, 0.4) is 0 Å². The molecular formula is C34H35ClN4O5. The second-order valence-electron chi connectivity index (χ2n) is 11.6. The second-order valence-corrected chi connectivity index (χ2v) is 12.0. The van der Waals surface area contributed by atoms with Gasteiger partial charge in [-0.05, 0) is 75.2 Å². The zero-order valence-electron chi connectivity index (χ0n) is 25.2. The third-order valence-corrected chi connectivity index (χ3v) is 7.48. The van der Waals surface area contributed by atoms with E-state index in [-0.39, 0.29) is 11.7 Å². The lowest BCUT2D eigenvalue weighted by molar-refractivity contribution is -0.164. The Morgan fingerprint density at radius 1 is 0.864 bits per heavy atom. The Labute approximate surface area is 261 Å². The summed E-state index contributed by atoms with van der Waals surface area (Å²) in [6.45, 7) is 8.43. The highest BCUT2D eigenvalue weighted by Gasteiger charge is 2.33. The van der Waals surface area contributed by atoms with Gasteiger partial charge in [0.05, 0.1) is 11.9 Å². The molecule has 1 unspecified atom stereocenters. The summed E-state index contributed by atoms with van der Waals surface area (Å²) in [5.74, 6) is -1.14. The lowest BCUT2D eigenvalue weighted by Gasteiger charge is -2.37. The molecule has 0 aliphatic carbocycles. The maximum Gasteiger partial charge on any atom is 0.318 e. The summed E-state index contributed by atoms with van der Waals surface area (Å²) in [6, 6.07) is 24.3. The smallest absolute Gasteiger partial charge is 0.318 e. The summed E-state index contributed by atoms with van der Waals surface area (Å²) < 4.78 is 13.0. The van der Waals surface area contributed by atoms with Crippen molar-refractivity contribution in [3.8, 4) is 28.3 Å². The van der Waals surface area contributed by atoms with E-state index in [0.29, 0.717) is 48.3 Å². The molecule has 1 saturated heterocycles. The van der Waals surface area contributed by atoms with E-state index in [0.717, 1.165) is 11.1 Å². The van der Waals surface area contributed by atoms with Crippen LogP contribution < -0.4 is 15.2 Å². The van der Waals surface area contributed by atoms with Gasteiger partial charge >= 0.3 is 11.5 Å². The fourth-order valence-corrected chi connectivity index (χ4v) is 5.04. The van der Waals surface area contributed by atoms with Crippen molar-refractivity contribution >= 4 is 29.2 Å². The van der Waals surface area contributed by atoms with E-state index >= 15 is 0 Å². The van der Waals surface area contributed by atoms with Gasteiger partial charge in [-0.3, -0.25) is 14.4 Å². The standard InChI is InChI=1S/C34H35ClN4O5/c1-23(33(42)44-34(2,3)4)31(40)38-20-18-37(19-21-38)29-22-36-39(27-14-12-26(35)13-15-27)32(41)30(29)43-28-16-10-25(11-17-28)24-8-6-5-7-9-24/h5-17,22-23H,18-21H2,1-4H3. The van der Waals surface area contributed by atoms with Gasteiger partial charge < -0.3 is 19.3 Å². The highest BCUT2D eigenvalue weighted by Crippen LogP contribution is 2.31. The summed E-state index contributed by atoms with van der Waals surface area (Å²) in [7, 11) is 0. The first-order chi connectivity index (χ1) is 21.0. The van der Waals surface area contributed by atoms with E-state index in [1.54, 1.807) is 63.1 Å². The van der Waals surface area contributed by atoms with E-state index in [2.05, 4.69) is 5.10 Å². The summed E-state index contributed by atoms with van der Waals surface area (Å²) in [6.07, 6.45) is 1.60. The van der Waals surface area contributed by atoms with Gasteiger partial charge in [-0.2, -0.15) is 9.78 Å². The number of hydrogen-bond acceptors (Lipinski definition) is 7. The van der Waals surface area contributed by atoms with E-state index in [4.69, 9.17) is 21.1 Å². The van der Waals surface area contributed by atoms with Crippen LogP contribution in [0.15, 0.2) is 89.9 Å². The minimum Gasteiger partial charge on any atom is -0.459 e. The highest BCUT2D eigenvalue weighted by atomic mass is 35.5. The molecule has 0 radical (unpaired) electrons. The fraction of sp³-hybridized carbons (Fsp3) is 0.294. The predicted octanol–water partition coefficient (Wildman–Crippen LogP) is 5.97. The third-order valence-electron chi connectivity index (χ3n) is 7.23. The first-order valence-corrected chi connectivity index (χ1v) is 14.9. The zero-order valence-corrected chi connectivity index (χ0v) is 26.0. The highest BCUT2D eigenvalue weighted by molar-refractivity contribution is 6.30. The summed E-state index contributed by atoms with van der Waals surface area (Å²) in [5, 5.41) is 4.99. The van der Waals surface area contributed by atoms with Crippen LogP contribution in [-0.4, -0.2) is 58.3 Å². The molecule has 1 amide bonds. The molecule has 1 atom stereocenters. The van der Waals surface area contributed by atoms with Crippen LogP contribution in [-0.2, 0) is 14.3 Å². The van der Waals surface area contributed by atoms with Crippen molar-refractivity contribution < 1.29 is 19.1 Å². The molecule has 1 aromatic heterocycles. The number of ether oxygens (including phenoxy) is 2. The van der Waals surface area contributed by atoms with Gasteiger partial charge in [0, 0.05) is 31.2 Å². The van der Waals surface area contributed by atoms with Crippen LogP contribution in [0.4, 0.5) is 5.69 Å². The van der Waals surface area contributed by atoms with Crippen LogP contribution in [0.5, 0.6) is 11.5 Å². The third kappa shape index (κ3) is 7.11. The van der Waals surface area contributed by atoms with Crippen molar-refractivity contribution in [2.45, 2.75) is 33.3 Å². The maximum atomic E-state index is 13.9. The Balaban J connectivity index is 1.39. The molecular weight excluding hydrogens is 580 g/mol. The molecule has 1 fully saturated rings. The first-order valence-electron chi connectivity index (χ1n) is 14.5. The lowest BCUT2D eigenvalue weighted by Crippen LogP contribution is -2.51. The molecule has 228 valence electrons. The van der Waals surface area contributed by atoms with Crippen molar-refractivity contribution in [1.29, 1.82) is 0 Å². The average molecular weight is 615 g/mol. The van der Waals surface area contributed by atoms with Crippen molar-refractivity contribution in [3.05, 3.63) is 100 Å².